The fraction of sp³-hybridized carbons (Fsp3) is 0.167. The summed E-state index contributed by atoms with van der Waals surface area (Å²) in [6.45, 7) is 1.22. The Bertz CT molecular complexity index is 1390. The zero-order valence-corrected chi connectivity index (χ0v) is 19.3. The predicted octanol–water partition coefficient (Wildman–Crippen LogP) is 3.77. The normalized spacial score (nSPS) is 13.5. The summed E-state index contributed by atoms with van der Waals surface area (Å²) in [5, 5.41) is 13.7. The molecule has 11 heteroatoms. The molecular formula is C24H22N4O6S. The summed E-state index contributed by atoms with van der Waals surface area (Å²) in [4.78, 5) is 36.3. The van der Waals surface area contributed by atoms with Gasteiger partial charge in [0.2, 0.25) is 5.91 Å². The molecular weight excluding hydrogens is 472 g/mol. The number of hydrogen-bond acceptors (Lipinski definition) is 6. The van der Waals surface area contributed by atoms with Crippen molar-refractivity contribution in [3.63, 3.8) is 0 Å². The first kappa shape index (κ1) is 23.9. The smallest absolute Gasteiger partial charge is 0.270 e. The molecule has 4 rings (SSSR count). The van der Waals surface area contributed by atoms with Gasteiger partial charge in [-0.05, 0) is 54.4 Å². The molecule has 10 nitrogen and oxygen atoms in total. The number of anilines is 2. The largest absolute Gasteiger partial charge is 0.338 e. The molecule has 1 aliphatic heterocycles. The second-order valence-electron chi connectivity index (χ2n) is 8.01. The van der Waals surface area contributed by atoms with E-state index in [1.54, 1.807) is 17.0 Å². The maximum absolute atomic E-state index is 12.7. The van der Waals surface area contributed by atoms with Gasteiger partial charge in [0.05, 0.1) is 9.82 Å². The van der Waals surface area contributed by atoms with Gasteiger partial charge in [-0.3, -0.25) is 24.4 Å². The third kappa shape index (κ3) is 5.82. The van der Waals surface area contributed by atoms with Gasteiger partial charge in [-0.25, -0.2) is 8.42 Å². The summed E-state index contributed by atoms with van der Waals surface area (Å²) in [6.07, 6.45) is 1.42. The standard InChI is InChI=1S/C24H22N4O6S/c29-23-8-3-13-27(23)16-17-4-1-5-20(14-17)25-24(30)18-9-11-19(12-10-18)26-35(33,34)22-7-2-6-21(15-22)28(31)32/h1-2,4-7,9-12,14-15,26H,3,8,13,16H2,(H,25,30). The Morgan fingerprint density at radius 1 is 1.00 bits per heavy atom. The van der Waals surface area contributed by atoms with E-state index < -0.39 is 14.9 Å². The highest BCUT2D eigenvalue weighted by atomic mass is 32.2. The van der Waals surface area contributed by atoms with Gasteiger partial charge in [0.15, 0.2) is 0 Å². The topological polar surface area (TPSA) is 139 Å². The molecule has 3 aromatic rings. The Morgan fingerprint density at radius 3 is 2.43 bits per heavy atom. The van der Waals surface area contributed by atoms with E-state index in [0.717, 1.165) is 24.6 Å². The molecule has 2 N–H and O–H groups in total. The first-order valence-electron chi connectivity index (χ1n) is 10.8. The van der Waals surface area contributed by atoms with E-state index in [1.165, 1.54) is 42.5 Å². The van der Waals surface area contributed by atoms with Gasteiger partial charge in [0.1, 0.15) is 0 Å². The fourth-order valence-electron chi connectivity index (χ4n) is 3.71. The highest BCUT2D eigenvalue weighted by Gasteiger charge is 2.20. The monoisotopic (exact) mass is 494 g/mol. The average molecular weight is 495 g/mol. The van der Waals surface area contributed by atoms with Crippen molar-refractivity contribution >= 4 is 38.9 Å². The number of nitrogens with zero attached hydrogens (tertiary/aromatic N) is 2. The second-order valence-corrected chi connectivity index (χ2v) is 9.69. The maximum Gasteiger partial charge on any atom is 0.270 e. The molecule has 0 atom stereocenters. The van der Waals surface area contributed by atoms with Crippen LogP contribution in [0, 0.1) is 10.1 Å². The lowest BCUT2D eigenvalue weighted by molar-refractivity contribution is -0.385. The third-order valence-corrected chi connectivity index (χ3v) is 6.85. The first-order valence-corrected chi connectivity index (χ1v) is 12.2. The van der Waals surface area contributed by atoms with Crippen molar-refractivity contribution in [1.82, 2.24) is 4.90 Å². The van der Waals surface area contributed by atoms with E-state index in [1.807, 2.05) is 12.1 Å². The molecule has 0 unspecified atom stereocenters. The maximum atomic E-state index is 12.7. The zero-order chi connectivity index (χ0) is 25.0. The summed E-state index contributed by atoms with van der Waals surface area (Å²) >= 11 is 0. The molecule has 0 spiro atoms. The summed E-state index contributed by atoms with van der Waals surface area (Å²) in [5.41, 5.74) is 1.66. The number of carbonyl (C=O) groups excluding carboxylic acids is 2. The molecule has 1 fully saturated rings. The Labute approximate surface area is 201 Å². The van der Waals surface area contributed by atoms with Gasteiger partial charge < -0.3 is 10.2 Å². The minimum absolute atomic E-state index is 0.126. The van der Waals surface area contributed by atoms with E-state index in [-0.39, 0.29) is 28.1 Å². The van der Waals surface area contributed by atoms with E-state index >= 15 is 0 Å². The molecule has 1 aliphatic rings. The highest BCUT2D eigenvalue weighted by molar-refractivity contribution is 7.92. The number of amides is 2. The Morgan fingerprint density at radius 2 is 1.74 bits per heavy atom. The van der Waals surface area contributed by atoms with Crippen LogP contribution in [0.5, 0.6) is 0 Å². The SMILES string of the molecule is O=C(Nc1cccc(CN2CCCC2=O)c1)c1ccc(NS(=O)(=O)c2cccc([N+](=O)[O-])c2)cc1. The van der Waals surface area contributed by atoms with Crippen LogP contribution in [-0.4, -0.2) is 36.6 Å². The summed E-state index contributed by atoms with van der Waals surface area (Å²) in [7, 11) is -4.05. The Hall–Kier alpha value is -4.25. The number of benzene rings is 3. The van der Waals surface area contributed by atoms with Gasteiger partial charge in [-0.2, -0.15) is 0 Å². The average Bonchev–Trinajstić information content (AvgIpc) is 3.23. The van der Waals surface area contributed by atoms with Crippen LogP contribution in [0.3, 0.4) is 0 Å². The quantitative estimate of drug-likeness (QED) is 0.361. The van der Waals surface area contributed by atoms with Crippen LogP contribution < -0.4 is 10.0 Å². The van der Waals surface area contributed by atoms with Gasteiger partial charge in [-0.15, -0.1) is 0 Å². The number of carbonyl (C=O) groups is 2. The second kappa shape index (κ2) is 9.94. The summed E-state index contributed by atoms with van der Waals surface area (Å²) in [6, 6.07) is 17.8. The van der Waals surface area contributed by atoms with Gasteiger partial charge >= 0.3 is 0 Å². The van der Waals surface area contributed by atoms with Crippen LogP contribution in [0.25, 0.3) is 0 Å². The minimum Gasteiger partial charge on any atom is -0.338 e. The molecule has 35 heavy (non-hydrogen) atoms. The molecule has 180 valence electrons. The molecule has 0 saturated carbocycles. The van der Waals surface area contributed by atoms with Crippen LogP contribution in [0.15, 0.2) is 77.7 Å². The van der Waals surface area contributed by atoms with E-state index in [9.17, 15) is 28.1 Å². The number of nitrogens with one attached hydrogen (secondary N) is 2. The molecule has 1 saturated heterocycles. The molecule has 0 aliphatic carbocycles. The lowest BCUT2D eigenvalue weighted by Gasteiger charge is -2.16. The summed E-state index contributed by atoms with van der Waals surface area (Å²) < 4.78 is 27.5. The van der Waals surface area contributed by atoms with Gasteiger partial charge in [0, 0.05) is 48.6 Å². The van der Waals surface area contributed by atoms with Gasteiger partial charge in [0.25, 0.3) is 21.6 Å². The van der Waals surface area contributed by atoms with Crippen LogP contribution in [0.1, 0.15) is 28.8 Å². The van der Waals surface area contributed by atoms with Crippen LogP contribution in [-0.2, 0) is 21.4 Å². The Balaban J connectivity index is 1.41. The van der Waals surface area contributed by atoms with Crippen molar-refractivity contribution in [2.45, 2.75) is 24.3 Å². The van der Waals surface area contributed by atoms with Crippen molar-refractivity contribution in [3.05, 3.63) is 94.0 Å². The summed E-state index contributed by atoms with van der Waals surface area (Å²) in [5.74, 6) is -0.256. The van der Waals surface area contributed by atoms with E-state index in [0.29, 0.717) is 24.2 Å². The van der Waals surface area contributed by atoms with Crippen molar-refractivity contribution in [1.29, 1.82) is 0 Å². The highest BCUT2D eigenvalue weighted by Crippen LogP contribution is 2.22. The fourth-order valence-corrected chi connectivity index (χ4v) is 4.81. The zero-order valence-electron chi connectivity index (χ0n) is 18.5. The lowest BCUT2D eigenvalue weighted by Crippen LogP contribution is -2.23. The van der Waals surface area contributed by atoms with E-state index in [4.69, 9.17) is 0 Å². The molecule has 0 aromatic heterocycles. The molecule has 3 aromatic carbocycles. The third-order valence-electron chi connectivity index (χ3n) is 5.47. The van der Waals surface area contributed by atoms with Crippen molar-refractivity contribution in [2.24, 2.45) is 0 Å². The van der Waals surface area contributed by atoms with Gasteiger partial charge in [-0.1, -0.05) is 18.2 Å². The number of rotatable bonds is 8. The van der Waals surface area contributed by atoms with E-state index in [2.05, 4.69) is 10.0 Å². The number of nitro groups is 1. The lowest BCUT2D eigenvalue weighted by atomic mass is 10.1. The number of nitro benzene ring substituents is 1. The molecule has 0 radical (unpaired) electrons. The number of likely N-dealkylation sites (tertiary alicyclic amines) is 1. The Kier molecular flexibility index (Phi) is 6.78. The number of hydrogen-bond donors (Lipinski definition) is 2. The first-order chi connectivity index (χ1) is 16.7. The minimum atomic E-state index is -4.05. The number of sulfonamides is 1. The number of non-ortho nitro benzene ring substituents is 1. The molecule has 1 heterocycles. The van der Waals surface area contributed by atoms with Crippen molar-refractivity contribution in [3.8, 4) is 0 Å². The van der Waals surface area contributed by atoms with Crippen LogP contribution >= 0.6 is 0 Å². The van der Waals surface area contributed by atoms with Crippen LogP contribution in [0.4, 0.5) is 17.1 Å². The van der Waals surface area contributed by atoms with Crippen LogP contribution in [0.2, 0.25) is 0 Å². The van der Waals surface area contributed by atoms with Crippen molar-refractivity contribution in [2.75, 3.05) is 16.6 Å². The predicted molar refractivity (Wildman–Crippen MR) is 129 cm³/mol. The molecule has 2 amide bonds. The van der Waals surface area contributed by atoms with Crippen molar-refractivity contribution < 1.29 is 22.9 Å². The molecule has 0 bridgehead atoms.